The molecule has 0 saturated carbocycles. The second kappa shape index (κ2) is 8.92. The molecule has 2 heterocycles. The third kappa shape index (κ3) is 4.69. The average molecular weight is 416 g/mol. The second-order valence-corrected chi connectivity index (χ2v) is 7.41. The Balaban J connectivity index is 1.66. The van der Waals surface area contributed by atoms with Gasteiger partial charge < -0.3 is 19.0 Å². The number of pyridine rings is 1. The minimum Gasteiger partial charge on any atom is -0.494 e. The lowest BCUT2D eigenvalue weighted by Gasteiger charge is -2.22. The molecule has 0 radical (unpaired) electrons. The molecule has 0 bridgehead atoms. The number of aromatic amines is 1. The van der Waals surface area contributed by atoms with Gasteiger partial charge in [0, 0.05) is 16.6 Å². The first-order valence-electron chi connectivity index (χ1n) is 10.2. The summed E-state index contributed by atoms with van der Waals surface area (Å²) in [5.74, 6) is 1.16. The molecule has 31 heavy (non-hydrogen) atoms. The van der Waals surface area contributed by atoms with E-state index in [-0.39, 0.29) is 24.6 Å². The van der Waals surface area contributed by atoms with Gasteiger partial charge in [0.05, 0.1) is 26.0 Å². The lowest BCUT2D eigenvalue weighted by molar-refractivity contribution is 0.0717. The summed E-state index contributed by atoms with van der Waals surface area (Å²) in [7, 11) is 0. The van der Waals surface area contributed by atoms with Crippen LogP contribution in [0.25, 0.3) is 10.9 Å². The maximum atomic E-state index is 13.3. The highest BCUT2D eigenvalue weighted by Crippen LogP contribution is 2.19. The first kappa shape index (κ1) is 20.5. The fraction of sp³-hybridized carbons (Fsp3) is 0.200. The van der Waals surface area contributed by atoms with Gasteiger partial charge in [-0.25, -0.2) is 0 Å². The van der Waals surface area contributed by atoms with E-state index >= 15 is 0 Å². The van der Waals surface area contributed by atoms with E-state index in [0.29, 0.717) is 29.2 Å². The third-order valence-electron chi connectivity index (χ3n) is 5.07. The van der Waals surface area contributed by atoms with Gasteiger partial charge in [-0.15, -0.1) is 0 Å². The largest absolute Gasteiger partial charge is 0.494 e. The van der Waals surface area contributed by atoms with Gasteiger partial charge in [-0.3, -0.25) is 9.59 Å². The number of aryl methyl sites for hydroxylation is 1. The number of fused-ring (bicyclic) bond motifs is 1. The summed E-state index contributed by atoms with van der Waals surface area (Å²) >= 11 is 0. The fourth-order valence-electron chi connectivity index (χ4n) is 3.52. The summed E-state index contributed by atoms with van der Waals surface area (Å²) in [5, 5.41) is 0.923. The number of nitrogens with zero attached hydrogens (tertiary/aromatic N) is 1. The predicted molar refractivity (Wildman–Crippen MR) is 119 cm³/mol. The fourth-order valence-corrected chi connectivity index (χ4v) is 3.52. The molecule has 0 aliphatic rings. The van der Waals surface area contributed by atoms with E-state index in [9.17, 15) is 9.59 Å². The Kier molecular flexibility index (Phi) is 5.89. The van der Waals surface area contributed by atoms with Crippen molar-refractivity contribution in [2.24, 2.45) is 0 Å². The van der Waals surface area contributed by atoms with Gasteiger partial charge in [0.25, 0.3) is 11.5 Å². The number of ether oxygens (including phenoxy) is 1. The number of amides is 1. The van der Waals surface area contributed by atoms with Crippen LogP contribution in [0.4, 0.5) is 0 Å². The van der Waals surface area contributed by atoms with E-state index in [0.717, 1.165) is 16.5 Å². The zero-order valence-electron chi connectivity index (χ0n) is 17.6. The zero-order valence-corrected chi connectivity index (χ0v) is 17.6. The standard InChI is InChI=1S/C25H24N2O4/c1-3-30-21-10-8-18(9-11-21)25(29)27(16-22-5-4-12-31-22)15-20-14-19-7-6-17(2)13-23(19)26-24(20)28/h4-14H,3,15-16H2,1-2H3,(H,26,28). The maximum Gasteiger partial charge on any atom is 0.254 e. The van der Waals surface area contributed by atoms with Crippen LogP contribution in [-0.2, 0) is 13.1 Å². The van der Waals surface area contributed by atoms with Crippen LogP contribution in [0.2, 0.25) is 0 Å². The number of hydrogen-bond acceptors (Lipinski definition) is 4. The summed E-state index contributed by atoms with van der Waals surface area (Å²) in [4.78, 5) is 30.6. The molecule has 0 saturated heterocycles. The summed E-state index contributed by atoms with van der Waals surface area (Å²) in [6, 6.07) is 18.3. The number of benzene rings is 2. The molecular weight excluding hydrogens is 392 g/mol. The van der Waals surface area contributed by atoms with Crippen LogP contribution in [0, 0.1) is 6.92 Å². The molecule has 2 aromatic carbocycles. The molecule has 2 aromatic heterocycles. The highest BCUT2D eigenvalue weighted by atomic mass is 16.5. The number of H-pyrrole nitrogens is 1. The average Bonchev–Trinajstić information content (AvgIpc) is 3.27. The van der Waals surface area contributed by atoms with E-state index in [2.05, 4.69) is 4.98 Å². The highest BCUT2D eigenvalue weighted by molar-refractivity contribution is 5.94. The summed E-state index contributed by atoms with van der Waals surface area (Å²) < 4.78 is 10.9. The molecule has 0 unspecified atom stereocenters. The monoisotopic (exact) mass is 416 g/mol. The summed E-state index contributed by atoms with van der Waals surface area (Å²) in [5.41, 5.74) is 2.68. The molecule has 4 rings (SSSR count). The molecule has 0 atom stereocenters. The highest BCUT2D eigenvalue weighted by Gasteiger charge is 2.19. The molecule has 0 spiro atoms. The van der Waals surface area contributed by atoms with E-state index in [1.807, 2.05) is 44.2 Å². The SMILES string of the molecule is CCOc1ccc(C(=O)N(Cc2ccco2)Cc2cc3ccc(C)cc3[nH]c2=O)cc1. The van der Waals surface area contributed by atoms with Gasteiger partial charge in [0.2, 0.25) is 0 Å². The second-order valence-electron chi connectivity index (χ2n) is 7.41. The van der Waals surface area contributed by atoms with Crippen molar-refractivity contribution in [1.82, 2.24) is 9.88 Å². The van der Waals surface area contributed by atoms with Crippen molar-refractivity contribution >= 4 is 16.8 Å². The molecule has 1 N–H and O–H groups in total. The van der Waals surface area contributed by atoms with Crippen LogP contribution < -0.4 is 10.3 Å². The molecule has 0 aliphatic heterocycles. The molecular formula is C25H24N2O4. The summed E-state index contributed by atoms with van der Waals surface area (Å²) in [6.07, 6.45) is 1.57. The van der Waals surface area contributed by atoms with Crippen molar-refractivity contribution in [3.05, 3.63) is 99.7 Å². The van der Waals surface area contributed by atoms with Crippen molar-refractivity contribution in [1.29, 1.82) is 0 Å². The first-order chi connectivity index (χ1) is 15.0. The van der Waals surface area contributed by atoms with E-state index in [1.54, 1.807) is 41.5 Å². The molecule has 158 valence electrons. The number of carbonyl (C=O) groups is 1. The number of nitrogens with one attached hydrogen (secondary N) is 1. The van der Waals surface area contributed by atoms with Crippen LogP contribution in [-0.4, -0.2) is 22.4 Å². The topological polar surface area (TPSA) is 75.5 Å². The molecule has 0 fully saturated rings. The molecule has 0 aliphatic carbocycles. The van der Waals surface area contributed by atoms with Crippen molar-refractivity contribution < 1.29 is 13.9 Å². The van der Waals surface area contributed by atoms with Gasteiger partial charge in [0.15, 0.2) is 0 Å². The Morgan fingerprint density at radius 2 is 1.87 bits per heavy atom. The first-order valence-corrected chi connectivity index (χ1v) is 10.2. The van der Waals surface area contributed by atoms with Gasteiger partial charge in [0.1, 0.15) is 11.5 Å². The van der Waals surface area contributed by atoms with Crippen molar-refractivity contribution in [3.63, 3.8) is 0 Å². The van der Waals surface area contributed by atoms with Crippen molar-refractivity contribution in [2.75, 3.05) is 6.61 Å². The predicted octanol–water partition coefficient (Wildman–Crippen LogP) is 4.67. The van der Waals surface area contributed by atoms with Crippen LogP contribution in [0.1, 0.15) is 34.2 Å². The Hall–Kier alpha value is -3.80. The van der Waals surface area contributed by atoms with Crippen molar-refractivity contribution in [3.8, 4) is 5.75 Å². The van der Waals surface area contributed by atoms with Gasteiger partial charge in [-0.05, 0) is 73.3 Å². The van der Waals surface area contributed by atoms with Gasteiger partial charge >= 0.3 is 0 Å². The lowest BCUT2D eigenvalue weighted by Crippen LogP contribution is -2.32. The molecule has 4 aromatic rings. The number of rotatable bonds is 7. The summed E-state index contributed by atoms with van der Waals surface area (Å²) in [6.45, 7) is 4.86. The zero-order chi connectivity index (χ0) is 21.8. The minimum atomic E-state index is -0.206. The number of furan rings is 1. The molecule has 6 heteroatoms. The van der Waals surface area contributed by atoms with Crippen molar-refractivity contribution in [2.45, 2.75) is 26.9 Å². The Morgan fingerprint density at radius 1 is 1.06 bits per heavy atom. The third-order valence-corrected chi connectivity index (χ3v) is 5.07. The Labute approximate surface area is 180 Å². The van der Waals surface area contributed by atoms with Crippen LogP contribution in [0.3, 0.4) is 0 Å². The number of carbonyl (C=O) groups excluding carboxylic acids is 1. The van der Waals surface area contributed by atoms with E-state index in [1.165, 1.54) is 0 Å². The van der Waals surface area contributed by atoms with Crippen LogP contribution in [0.5, 0.6) is 5.75 Å². The minimum absolute atomic E-state index is 0.159. The molecule has 6 nitrogen and oxygen atoms in total. The molecule has 1 amide bonds. The van der Waals surface area contributed by atoms with Crippen LogP contribution >= 0.6 is 0 Å². The lowest BCUT2D eigenvalue weighted by atomic mass is 10.1. The van der Waals surface area contributed by atoms with Crippen LogP contribution in [0.15, 0.2) is 76.1 Å². The van der Waals surface area contributed by atoms with E-state index < -0.39 is 0 Å². The normalized spacial score (nSPS) is 10.9. The smallest absolute Gasteiger partial charge is 0.254 e. The van der Waals surface area contributed by atoms with Gasteiger partial charge in [-0.2, -0.15) is 0 Å². The van der Waals surface area contributed by atoms with Gasteiger partial charge in [-0.1, -0.05) is 12.1 Å². The Morgan fingerprint density at radius 3 is 2.58 bits per heavy atom. The Bertz CT molecular complexity index is 1240. The number of aromatic nitrogens is 1. The number of hydrogen-bond donors (Lipinski definition) is 1. The quantitative estimate of drug-likeness (QED) is 0.475. The maximum absolute atomic E-state index is 13.3. The van der Waals surface area contributed by atoms with E-state index in [4.69, 9.17) is 9.15 Å².